The van der Waals surface area contributed by atoms with E-state index in [0.717, 1.165) is 18.5 Å². The van der Waals surface area contributed by atoms with Crippen molar-refractivity contribution >= 4 is 22.8 Å². The third-order valence-corrected chi connectivity index (χ3v) is 3.13. The van der Waals surface area contributed by atoms with Crippen molar-refractivity contribution in [3.63, 3.8) is 0 Å². The zero-order valence-electron chi connectivity index (χ0n) is 11.4. The third-order valence-electron chi connectivity index (χ3n) is 2.97. The Morgan fingerprint density at radius 1 is 1.08 bits per heavy atom. The summed E-state index contributed by atoms with van der Waals surface area (Å²) in [6.45, 7) is -2.88. The molecule has 2 heterocycles. The molecule has 24 heavy (non-hydrogen) atoms. The monoisotopic (exact) mass is 364 g/mol. The van der Waals surface area contributed by atoms with Crippen molar-refractivity contribution in [2.75, 3.05) is 0 Å². The second-order valence-electron chi connectivity index (χ2n) is 4.52. The van der Waals surface area contributed by atoms with E-state index in [1.807, 2.05) is 0 Å². The molecule has 0 saturated heterocycles. The smallest absolute Gasteiger partial charge is 0.406 e. The first-order chi connectivity index (χ1) is 11.2. The van der Waals surface area contributed by atoms with Crippen LogP contribution in [0.2, 0.25) is 5.28 Å². The fourth-order valence-corrected chi connectivity index (χ4v) is 2.21. The van der Waals surface area contributed by atoms with Gasteiger partial charge in [-0.25, -0.2) is 9.97 Å². The molecule has 3 aromatic rings. The van der Waals surface area contributed by atoms with E-state index in [1.54, 1.807) is 0 Å². The van der Waals surface area contributed by atoms with Crippen molar-refractivity contribution in [1.29, 1.82) is 0 Å². The van der Waals surface area contributed by atoms with Crippen molar-refractivity contribution < 1.29 is 26.7 Å². The minimum absolute atomic E-state index is 0.0455. The van der Waals surface area contributed by atoms with E-state index in [4.69, 9.17) is 11.6 Å². The van der Waals surface area contributed by atoms with Crippen molar-refractivity contribution in [2.24, 2.45) is 0 Å². The molecule has 11 heteroatoms. The zero-order chi connectivity index (χ0) is 17.5. The van der Waals surface area contributed by atoms with Gasteiger partial charge in [0.15, 0.2) is 5.65 Å². The summed E-state index contributed by atoms with van der Waals surface area (Å²) in [5, 5.41) is -0.296. The minimum atomic E-state index is -4.82. The van der Waals surface area contributed by atoms with Crippen LogP contribution in [0.5, 0.6) is 5.75 Å². The topological polar surface area (TPSA) is 52.8 Å². The van der Waals surface area contributed by atoms with Crippen LogP contribution >= 0.6 is 11.6 Å². The normalized spacial score (nSPS) is 12.1. The van der Waals surface area contributed by atoms with Crippen LogP contribution in [0.25, 0.3) is 22.4 Å². The van der Waals surface area contributed by atoms with Crippen LogP contribution in [0.15, 0.2) is 30.6 Å². The summed E-state index contributed by atoms with van der Waals surface area (Å²) in [6, 6.07) is 4.69. The van der Waals surface area contributed by atoms with Crippen LogP contribution in [0, 0.1) is 0 Å². The summed E-state index contributed by atoms with van der Waals surface area (Å²) >= 11 is 5.74. The number of halogens is 6. The van der Waals surface area contributed by atoms with Gasteiger partial charge in [0.05, 0.1) is 0 Å². The molecule has 0 aliphatic heterocycles. The van der Waals surface area contributed by atoms with Gasteiger partial charge in [-0.3, -0.25) is 4.57 Å². The van der Waals surface area contributed by atoms with E-state index in [9.17, 15) is 22.0 Å². The van der Waals surface area contributed by atoms with Gasteiger partial charge >= 0.3 is 12.9 Å². The van der Waals surface area contributed by atoms with E-state index in [2.05, 4.69) is 19.7 Å². The highest BCUT2D eigenvalue weighted by molar-refractivity contribution is 6.28. The van der Waals surface area contributed by atoms with Crippen LogP contribution in [-0.2, 0) is 0 Å². The molecule has 2 aromatic heterocycles. The molecule has 0 N–H and O–H groups in total. The Labute approximate surface area is 135 Å². The van der Waals surface area contributed by atoms with E-state index >= 15 is 0 Å². The predicted octanol–water partition coefficient (Wildman–Crippen LogP) is 4.44. The van der Waals surface area contributed by atoms with Crippen molar-refractivity contribution in [3.05, 3.63) is 35.9 Å². The maximum absolute atomic E-state index is 12.9. The molecular formula is C13H6ClF5N4O. The van der Waals surface area contributed by atoms with Gasteiger partial charge in [0.2, 0.25) is 5.28 Å². The Hall–Kier alpha value is -2.49. The third kappa shape index (κ3) is 3.23. The van der Waals surface area contributed by atoms with Crippen LogP contribution in [0.3, 0.4) is 0 Å². The predicted molar refractivity (Wildman–Crippen MR) is 73.7 cm³/mol. The maximum Gasteiger partial charge on any atom is 0.573 e. The number of hydrogen-bond acceptors (Lipinski definition) is 4. The number of imidazole rings is 1. The molecule has 0 atom stereocenters. The van der Waals surface area contributed by atoms with Gasteiger partial charge in [-0.15, -0.1) is 13.2 Å². The molecule has 0 amide bonds. The summed E-state index contributed by atoms with van der Waals surface area (Å²) in [4.78, 5) is 11.5. The molecule has 0 aliphatic carbocycles. The van der Waals surface area contributed by atoms with Crippen LogP contribution in [0.1, 0.15) is 6.55 Å². The van der Waals surface area contributed by atoms with Gasteiger partial charge in [-0.1, -0.05) is 0 Å². The van der Waals surface area contributed by atoms with Crippen LogP contribution in [-0.4, -0.2) is 25.9 Å². The Bertz CT molecular complexity index is 878. The molecule has 0 spiro atoms. The number of rotatable bonds is 3. The summed E-state index contributed by atoms with van der Waals surface area (Å²) in [5.74, 6) is -0.430. The molecule has 126 valence electrons. The molecule has 1 aromatic carbocycles. The minimum Gasteiger partial charge on any atom is -0.406 e. The maximum atomic E-state index is 12.9. The van der Waals surface area contributed by atoms with Gasteiger partial charge in [0.25, 0.3) is 0 Å². The molecule has 0 fully saturated rings. The Morgan fingerprint density at radius 2 is 1.75 bits per heavy atom. The van der Waals surface area contributed by atoms with E-state index < -0.39 is 18.7 Å². The Kier molecular flexibility index (Phi) is 3.99. The number of fused-ring (bicyclic) bond motifs is 1. The number of hydrogen-bond donors (Lipinski definition) is 0. The van der Waals surface area contributed by atoms with Gasteiger partial charge in [0.1, 0.15) is 23.3 Å². The number of aromatic nitrogens is 4. The number of alkyl halides is 5. The second kappa shape index (κ2) is 5.86. The van der Waals surface area contributed by atoms with Gasteiger partial charge in [0, 0.05) is 5.56 Å². The summed E-state index contributed by atoms with van der Waals surface area (Å²) in [5.41, 5.74) is 0.293. The SMILES string of the molecule is FC(F)n1cnc2c(-c3ccc(OC(F)(F)F)cc3)nc(Cl)nc21. The van der Waals surface area contributed by atoms with Crippen molar-refractivity contribution in [1.82, 2.24) is 19.5 Å². The second-order valence-corrected chi connectivity index (χ2v) is 4.85. The molecule has 3 rings (SSSR count). The van der Waals surface area contributed by atoms with Crippen molar-refractivity contribution in [2.45, 2.75) is 12.9 Å². The zero-order valence-corrected chi connectivity index (χ0v) is 12.2. The number of benzene rings is 1. The molecule has 0 saturated carbocycles. The first-order valence-corrected chi connectivity index (χ1v) is 6.67. The highest BCUT2D eigenvalue weighted by atomic mass is 35.5. The van der Waals surface area contributed by atoms with Crippen molar-refractivity contribution in [3.8, 4) is 17.0 Å². The molecule has 0 bridgehead atoms. The summed E-state index contributed by atoms with van der Waals surface area (Å²) in [6.07, 6.45) is -3.94. The van der Waals surface area contributed by atoms with E-state index in [1.165, 1.54) is 12.1 Å². The highest BCUT2D eigenvalue weighted by Gasteiger charge is 2.31. The average Bonchev–Trinajstić information content (AvgIpc) is 2.89. The molecule has 0 unspecified atom stereocenters. The van der Waals surface area contributed by atoms with Gasteiger partial charge < -0.3 is 4.74 Å². The Balaban J connectivity index is 2.06. The van der Waals surface area contributed by atoms with Crippen LogP contribution in [0.4, 0.5) is 22.0 Å². The lowest BCUT2D eigenvalue weighted by Gasteiger charge is -2.09. The van der Waals surface area contributed by atoms with E-state index in [-0.39, 0.29) is 22.1 Å². The molecular weight excluding hydrogens is 359 g/mol. The largest absolute Gasteiger partial charge is 0.573 e. The van der Waals surface area contributed by atoms with Gasteiger partial charge in [-0.05, 0) is 35.9 Å². The lowest BCUT2D eigenvalue weighted by Crippen LogP contribution is -2.16. The first kappa shape index (κ1) is 16.4. The lowest BCUT2D eigenvalue weighted by atomic mass is 10.1. The molecule has 5 nitrogen and oxygen atoms in total. The number of nitrogens with zero attached hydrogens (tertiary/aromatic N) is 4. The average molecular weight is 365 g/mol. The Morgan fingerprint density at radius 3 is 2.33 bits per heavy atom. The fraction of sp³-hybridized carbons (Fsp3) is 0.154. The standard InChI is InChI=1S/C13H6ClF5N4O/c14-11-21-8(9-10(22-11)23(5-20-9)12(15)16)6-1-3-7(4-2-6)24-13(17,18)19/h1-5,12H. The quantitative estimate of drug-likeness (QED) is 0.509. The summed E-state index contributed by atoms with van der Waals surface area (Å²) < 4.78 is 66.6. The number of ether oxygens (including phenoxy) is 1. The molecule has 0 aliphatic rings. The van der Waals surface area contributed by atoms with Crippen LogP contribution < -0.4 is 4.74 Å². The highest BCUT2D eigenvalue weighted by Crippen LogP contribution is 2.30. The fourth-order valence-electron chi connectivity index (χ4n) is 2.05. The van der Waals surface area contributed by atoms with Gasteiger partial charge in [-0.2, -0.15) is 13.8 Å². The first-order valence-electron chi connectivity index (χ1n) is 6.29. The summed E-state index contributed by atoms with van der Waals surface area (Å²) in [7, 11) is 0. The van der Waals surface area contributed by atoms with E-state index in [0.29, 0.717) is 10.1 Å². The lowest BCUT2D eigenvalue weighted by molar-refractivity contribution is -0.274. The molecule has 0 radical (unpaired) electrons.